The van der Waals surface area contributed by atoms with Crippen LogP contribution in [0.2, 0.25) is 0 Å². The molecule has 76 heavy (non-hydrogen) atoms. The van der Waals surface area contributed by atoms with Crippen LogP contribution in [0.5, 0.6) is 0 Å². The first-order chi connectivity index (χ1) is 36.9. The number of aliphatic hydroxyl groups is 4. The van der Waals surface area contributed by atoms with E-state index in [9.17, 15) is 30.0 Å². The van der Waals surface area contributed by atoms with Gasteiger partial charge in [-0.05, 0) is 109 Å². The minimum Gasteiger partial charge on any atom is -0.465 e. The zero-order valence-electron chi connectivity index (χ0n) is 50.9. The first-order valence-electron chi connectivity index (χ1n) is 32.8. The molecule has 0 amide bonds. The number of rotatable bonds is 53. The number of ether oxygens (including phenoxy) is 2. The van der Waals surface area contributed by atoms with Crippen molar-refractivity contribution in [3.8, 4) is 0 Å². The third-order valence-corrected chi connectivity index (χ3v) is 16.0. The van der Waals surface area contributed by atoms with Crippen LogP contribution in [0.25, 0.3) is 0 Å². The van der Waals surface area contributed by atoms with E-state index in [0.717, 1.165) is 142 Å². The number of aliphatic hydroxyl groups excluding tert-OH is 4. The summed E-state index contributed by atoms with van der Waals surface area (Å²) < 4.78 is 11.5. The predicted molar refractivity (Wildman–Crippen MR) is 321 cm³/mol. The van der Waals surface area contributed by atoms with Crippen LogP contribution in [0.4, 0.5) is 0 Å². The molecule has 0 bridgehead atoms. The van der Waals surface area contributed by atoms with E-state index in [2.05, 4.69) is 63.5 Å². The molecule has 0 aromatic rings. The van der Waals surface area contributed by atoms with Crippen LogP contribution in [0.1, 0.15) is 305 Å². The Bertz CT molecular complexity index is 1370. The monoisotopic (exact) mass is 1070 g/mol. The minimum absolute atomic E-state index is 0.134. The molecule has 0 aromatic carbocycles. The summed E-state index contributed by atoms with van der Waals surface area (Å²) in [5, 5.41) is 43.5. The second kappa shape index (κ2) is 51.3. The van der Waals surface area contributed by atoms with Crippen LogP contribution in [0.15, 0.2) is 23.3 Å². The van der Waals surface area contributed by atoms with Crippen molar-refractivity contribution >= 4 is 11.9 Å². The number of esters is 2. The molecule has 1 heterocycles. The molecule has 10 nitrogen and oxygen atoms in total. The van der Waals surface area contributed by atoms with Crippen molar-refractivity contribution in [2.24, 2.45) is 5.92 Å². The Hall–Kier alpha value is -1.82. The second-order valence-electron chi connectivity index (χ2n) is 23.9. The summed E-state index contributed by atoms with van der Waals surface area (Å²) >= 11 is 0. The van der Waals surface area contributed by atoms with Gasteiger partial charge in [0.15, 0.2) is 0 Å². The van der Waals surface area contributed by atoms with Gasteiger partial charge in [-0.15, -0.1) is 0 Å². The summed E-state index contributed by atoms with van der Waals surface area (Å²) in [5.74, 6) is 0.143. The van der Waals surface area contributed by atoms with E-state index in [4.69, 9.17) is 9.47 Å². The number of carbonyl (C=O) groups excluding carboxylic acids is 2. The SMILES string of the molecule is CCCCCCCCC(O)CC/C(=C/CCCCC(=O)OCCN1CC(C)C/C(CCOC(=O)CCCCN(CC(O)CCCCCCCC)CC(O)CCCCCCCC)=C/CC1C)CC(O)CCCCCCCC. The maximum atomic E-state index is 12.8. The first kappa shape index (κ1) is 72.2. The smallest absolute Gasteiger partial charge is 0.305 e. The third-order valence-electron chi connectivity index (χ3n) is 16.0. The number of nitrogens with zero attached hydrogens (tertiary/aromatic N) is 2. The van der Waals surface area contributed by atoms with E-state index in [1.807, 2.05) is 0 Å². The highest BCUT2D eigenvalue weighted by molar-refractivity contribution is 5.69. The molecule has 4 N–H and O–H groups in total. The van der Waals surface area contributed by atoms with Gasteiger partial charge in [-0.25, -0.2) is 0 Å². The molecular formula is C66H126N2O8. The molecular weight excluding hydrogens is 949 g/mol. The van der Waals surface area contributed by atoms with Crippen LogP contribution in [-0.2, 0) is 19.1 Å². The molecule has 1 aliphatic heterocycles. The Labute approximate surface area is 469 Å². The molecule has 10 heteroatoms. The van der Waals surface area contributed by atoms with E-state index in [1.165, 1.54) is 127 Å². The van der Waals surface area contributed by atoms with E-state index in [-0.39, 0.29) is 24.1 Å². The third kappa shape index (κ3) is 44.0. The molecule has 0 spiro atoms. The fourth-order valence-electron chi connectivity index (χ4n) is 11.1. The van der Waals surface area contributed by atoms with Crippen LogP contribution < -0.4 is 0 Å². The van der Waals surface area contributed by atoms with Crippen molar-refractivity contribution in [1.82, 2.24) is 9.80 Å². The minimum atomic E-state index is -0.391. The number of unbranched alkanes of at least 4 members (excludes halogenated alkanes) is 23. The number of hydrogen-bond acceptors (Lipinski definition) is 10. The van der Waals surface area contributed by atoms with Crippen molar-refractivity contribution in [2.75, 3.05) is 45.9 Å². The zero-order chi connectivity index (χ0) is 55.7. The fraction of sp³-hybridized carbons (Fsp3) is 0.909. The highest BCUT2D eigenvalue weighted by atomic mass is 16.5. The van der Waals surface area contributed by atoms with Gasteiger partial charge in [-0.1, -0.05) is 212 Å². The summed E-state index contributed by atoms with van der Waals surface area (Å²) in [4.78, 5) is 30.3. The van der Waals surface area contributed by atoms with Crippen molar-refractivity contribution in [3.63, 3.8) is 0 Å². The standard InChI is InChI=1S/C66H126N2O8/c1-7-11-15-19-23-29-37-61(69)46-45-59(53-62(70)38-30-24-20-16-12-8-2)36-28-27-33-41-66(74)76-51-49-68-54-57(5)52-60(44-43-58(68)6)47-50-75-65(73)42-34-35-48-67(55-63(71)39-31-25-21-17-13-9-3)56-64(72)40-32-26-22-18-14-10-4/h36,44,57-58,61-64,69-72H,7-35,37-43,45-56H2,1-6H3/b59-36-,60-44+. The van der Waals surface area contributed by atoms with E-state index in [1.54, 1.807) is 0 Å². The van der Waals surface area contributed by atoms with Gasteiger partial charge >= 0.3 is 11.9 Å². The van der Waals surface area contributed by atoms with Crippen LogP contribution in [-0.4, -0.2) is 119 Å². The zero-order valence-corrected chi connectivity index (χ0v) is 50.9. The van der Waals surface area contributed by atoms with E-state index in [0.29, 0.717) is 64.1 Å². The summed E-state index contributed by atoms with van der Waals surface area (Å²) in [6.45, 7) is 17.8. The predicted octanol–water partition coefficient (Wildman–Crippen LogP) is 16.1. The van der Waals surface area contributed by atoms with Crippen molar-refractivity contribution in [2.45, 2.75) is 335 Å². The molecule has 6 atom stereocenters. The van der Waals surface area contributed by atoms with Crippen molar-refractivity contribution in [1.29, 1.82) is 0 Å². The summed E-state index contributed by atoms with van der Waals surface area (Å²) in [6.07, 6.45) is 45.5. The summed E-state index contributed by atoms with van der Waals surface area (Å²) in [7, 11) is 0. The molecule has 0 fully saturated rings. The Morgan fingerprint density at radius 2 is 1.03 bits per heavy atom. The van der Waals surface area contributed by atoms with Crippen LogP contribution >= 0.6 is 0 Å². The average Bonchev–Trinajstić information content (AvgIpc) is 3.39. The van der Waals surface area contributed by atoms with Gasteiger partial charge in [0.25, 0.3) is 0 Å². The molecule has 6 unspecified atom stereocenters. The Kier molecular flexibility index (Phi) is 48.8. The van der Waals surface area contributed by atoms with Gasteiger partial charge in [0, 0.05) is 51.5 Å². The number of carbonyl (C=O) groups is 2. The van der Waals surface area contributed by atoms with Gasteiger partial charge in [0.1, 0.15) is 6.61 Å². The van der Waals surface area contributed by atoms with Crippen LogP contribution in [0, 0.1) is 5.92 Å². The normalized spacial score (nSPS) is 18.0. The fourth-order valence-corrected chi connectivity index (χ4v) is 11.1. The first-order valence-corrected chi connectivity index (χ1v) is 32.8. The highest BCUT2D eigenvalue weighted by Gasteiger charge is 2.22. The lowest BCUT2D eigenvalue weighted by Gasteiger charge is -2.33. The molecule has 0 aliphatic carbocycles. The Morgan fingerprint density at radius 3 is 1.55 bits per heavy atom. The van der Waals surface area contributed by atoms with Crippen LogP contribution in [0.3, 0.4) is 0 Å². The van der Waals surface area contributed by atoms with Gasteiger partial charge in [0.05, 0.1) is 31.0 Å². The molecule has 1 aliphatic rings. The lowest BCUT2D eigenvalue weighted by Crippen LogP contribution is -2.40. The maximum Gasteiger partial charge on any atom is 0.305 e. The summed E-state index contributed by atoms with van der Waals surface area (Å²) in [5.41, 5.74) is 2.60. The highest BCUT2D eigenvalue weighted by Crippen LogP contribution is 2.25. The van der Waals surface area contributed by atoms with E-state index < -0.39 is 12.2 Å². The topological polar surface area (TPSA) is 140 Å². The average molecular weight is 1080 g/mol. The van der Waals surface area contributed by atoms with Crippen molar-refractivity contribution < 1.29 is 39.5 Å². The van der Waals surface area contributed by atoms with Gasteiger partial charge in [-0.3, -0.25) is 19.4 Å². The number of hydrogen-bond donors (Lipinski definition) is 4. The summed E-state index contributed by atoms with van der Waals surface area (Å²) in [6, 6.07) is 0.314. The van der Waals surface area contributed by atoms with E-state index >= 15 is 0 Å². The lowest BCUT2D eigenvalue weighted by atomic mass is 9.94. The molecule has 448 valence electrons. The Morgan fingerprint density at radius 1 is 0.566 bits per heavy atom. The quantitative estimate of drug-likeness (QED) is 0.0264. The largest absolute Gasteiger partial charge is 0.465 e. The van der Waals surface area contributed by atoms with Gasteiger partial charge in [-0.2, -0.15) is 0 Å². The molecule has 0 saturated carbocycles. The number of allylic oxidation sites excluding steroid dienone is 1. The van der Waals surface area contributed by atoms with Gasteiger partial charge < -0.3 is 29.9 Å². The van der Waals surface area contributed by atoms with Gasteiger partial charge in [0.2, 0.25) is 0 Å². The lowest BCUT2D eigenvalue weighted by molar-refractivity contribution is -0.145. The van der Waals surface area contributed by atoms with Crippen molar-refractivity contribution in [3.05, 3.63) is 23.3 Å². The second-order valence-corrected chi connectivity index (χ2v) is 23.9. The molecule has 0 saturated heterocycles. The molecule has 0 aromatic heterocycles. The Balaban J connectivity index is 2.49. The molecule has 0 radical (unpaired) electrons. The maximum absolute atomic E-state index is 12.8. The molecule has 1 rings (SSSR count).